The van der Waals surface area contributed by atoms with Crippen LogP contribution < -0.4 is 27.3 Å². The number of fused-ring (bicyclic) bond motifs is 6. The molecule has 238 valence electrons. The van der Waals surface area contributed by atoms with Gasteiger partial charge in [-0.2, -0.15) is 0 Å². The van der Waals surface area contributed by atoms with Crippen molar-refractivity contribution in [2.45, 2.75) is 70.4 Å². The number of aromatic nitrogens is 4. The average molecular weight is 627 g/mol. The van der Waals surface area contributed by atoms with Crippen LogP contribution in [0.1, 0.15) is 60.0 Å². The fourth-order valence-corrected chi connectivity index (χ4v) is 7.81. The van der Waals surface area contributed by atoms with E-state index in [1.54, 1.807) is 16.2 Å². The third-order valence-corrected chi connectivity index (χ3v) is 10.1. The number of rotatable bonds is 4. The van der Waals surface area contributed by atoms with Gasteiger partial charge in [0.15, 0.2) is 0 Å². The molecule has 6 heterocycles. The summed E-state index contributed by atoms with van der Waals surface area (Å²) in [4.78, 5) is 79.8. The van der Waals surface area contributed by atoms with Crippen LogP contribution in [0.2, 0.25) is 0 Å². The molecule has 2 aromatic heterocycles. The molecule has 2 fully saturated rings. The van der Waals surface area contributed by atoms with Crippen molar-refractivity contribution < 1.29 is 19.2 Å². The van der Waals surface area contributed by atoms with Gasteiger partial charge >= 0.3 is 11.4 Å². The highest BCUT2D eigenvalue weighted by molar-refractivity contribution is 6.01. The lowest BCUT2D eigenvalue weighted by Gasteiger charge is -2.30. The molecule has 2 saturated heterocycles. The number of imidazole rings is 2. The van der Waals surface area contributed by atoms with Crippen LogP contribution >= 0.6 is 0 Å². The molecule has 2 atom stereocenters. The zero-order valence-electron chi connectivity index (χ0n) is 25.4. The standard InChI is InChI=1S/C32H34N8O6/c1-36-21-4-2-17-11-13-37(15-20(17)28(21)39(31(36)45)23-6-8-25(41)34-29(23)43)16-38-22-5-3-18-14-33-12-10-19(18)27(22)40(32(38)46)24-7-9-26(42)35-30(24)44/h2-5,23-24,33H,6-16H2,1H3,(H,34,41,43)(H,35,42,44). The van der Waals surface area contributed by atoms with E-state index < -0.39 is 23.9 Å². The van der Waals surface area contributed by atoms with Crippen LogP contribution in [0.3, 0.4) is 0 Å². The van der Waals surface area contributed by atoms with Crippen molar-refractivity contribution in [2.75, 3.05) is 13.1 Å². The third kappa shape index (κ3) is 4.31. The smallest absolute Gasteiger partial charge is 0.312 e. The molecule has 0 radical (unpaired) electrons. The van der Waals surface area contributed by atoms with Gasteiger partial charge in [-0.1, -0.05) is 12.1 Å². The molecule has 4 aliphatic heterocycles. The molecule has 14 heteroatoms. The van der Waals surface area contributed by atoms with Crippen LogP contribution in [0.5, 0.6) is 0 Å². The van der Waals surface area contributed by atoms with E-state index in [4.69, 9.17) is 0 Å². The van der Waals surface area contributed by atoms with Crippen molar-refractivity contribution in [1.82, 2.24) is 39.1 Å². The maximum absolute atomic E-state index is 14.3. The summed E-state index contributed by atoms with van der Waals surface area (Å²) in [7, 11) is 1.68. The maximum Gasteiger partial charge on any atom is 0.330 e. The Hall–Kier alpha value is -4.82. The predicted molar refractivity (Wildman–Crippen MR) is 166 cm³/mol. The molecule has 4 amide bonds. The van der Waals surface area contributed by atoms with Gasteiger partial charge in [0.25, 0.3) is 0 Å². The highest BCUT2D eigenvalue weighted by atomic mass is 16.2. The van der Waals surface area contributed by atoms with Crippen LogP contribution in [0, 0.1) is 0 Å². The number of nitrogens with one attached hydrogen (secondary N) is 3. The minimum absolute atomic E-state index is 0.153. The normalized spacial score (nSPS) is 22.2. The Kier molecular flexibility index (Phi) is 6.62. The van der Waals surface area contributed by atoms with Crippen LogP contribution in [-0.2, 0) is 58.8 Å². The number of benzene rings is 2. The van der Waals surface area contributed by atoms with Crippen molar-refractivity contribution in [3.8, 4) is 0 Å². The first-order valence-electron chi connectivity index (χ1n) is 15.8. The Morgan fingerprint density at radius 2 is 1.35 bits per heavy atom. The van der Waals surface area contributed by atoms with E-state index in [0.29, 0.717) is 43.5 Å². The van der Waals surface area contributed by atoms with E-state index in [0.717, 1.165) is 39.8 Å². The number of nitrogens with zero attached hydrogens (tertiary/aromatic N) is 5. The SMILES string of the molecule is Cn1c(=O)n(C2CCC(=O)NC2=O)c2c3c(ccc21)CCN(Cn1c(=O)n(C2CCC(=O)NC2=O)c2c4c(ccc21)CNCC4)C3. The molecule has 3 N–H and O–H groups in total. The summed E-state index contributed by atoms with van der Waals surface area (Å²) in [6, 6.07) is 6.31. The van der Waals surface area contributed by atoms with Crippen LogP contribution in [0.25, 0.3) is 22.1 Å². The Labute approximate surface area is 261 Å². The van der Waals surface area contributed by atoms with Gasteiger partial charge in [0, 0.05) is 39.5 Å². The van der Waals surface area contributed by atoms with E-state index in [1.165, 1.54) is 9.13 Å². The van der Waals surface area contributed by atoms with Gasteiger partial charge in [-0.3, -0.25) is 53.0 Å². The molecule has 14 nitrogen and oxygen atoms in total. The summed E-state index contributed by atoms with van der Waals surface area (Å²) >= 11 is 0. The summed E-state index contributed by atoms with van der Waals surface area (Å²) in [5, 5.41) is 8.17. The summed E-state index contributed by atoms with van der Waals surface area (Å²) < 4.78 is 6.37. The van der Waals surface area contributed by atoms with Gasteiger partial charge in [0.2, 0.25) is 23.6 Å². The zero-order chi connectivity index (χ0) is 31.9. The molecular weight excluding hydrogens is 592 g/mol. The number of aryl methyl sites for hydroxylation is 1. The third-order valence-electron chi connectivity index (χ3n) is 10.1. The quantitative estimate of drug-likeness (QED) is 0.268. The van der Waals surface area contributed by atoms with E-state index >= 15 is 0 Å². The molecule has 0 saturated carbocycles. The summed E-state index contributed by atoms with van der Waals surface area (Å²) in [6.07, 6.45) is 2.20. The van der Waals surface area contributed by atoms with Gasteiger partial charge in [-0.25, -0.2) is 9.59 Å². The number of carbonyl (C=O) groups excluding carboxylic acids is 4. The van der Waals surface area contributed by atoms with E-state index in [1.807, 2.05) is 24.3 Å². The molecule has 0 bridgehead atoms. The highest BCUT2D eigenvalue weighted by Crippen LogP contribution is 2.33. The number of carbonyl (C=O) groups is 4. The summed E-state index contributed by atoms with van der Waals surface area (Å²) in [6.45, 7) is 2.75. The largest absolute Gasteiger partial charge is 0.330 e. The van der Waals surface area contributed by atoms with Crippen LogP contribution in [0.15, 0.2) is 33.9 Å². The molecule has 4 aromatic rings. The molecule has 8 rings (SSSR count). The second-order valence-corrected chi connectivity index (χ2v) is 12.7. The Morgan fingerprint density at radius 1 is 0.717 bits per heavy atom. The van der Waals surface area contributed by atoms with Gasteiger partial charge < -0.3 is 5.32 Å². The number of hydrogen-bond donors (Lipinski definition) is 3. The van der Waals surface area contributed by atoms with Crippen molar-refractivity contribution in [1.29, 1.82) is 0 Å². The van der Waals surface area contributed by atoms with Gasteiger partial charge in [-0.05, 0) is 66.6 Å². The Morgan fingerprint density at radius 3 is 2.04 bits per heavy atom. The maximum atomic E-state index is 14.3. The first-order chi connectivity index (χ1) is 22.2. The van der Waals surface area contributed by atoms with E-state index in [-0.39, 0.29) is 55.5 Å². The highest BCUT2D eigenvalue weighted by Gasteiger charge is 2.35. The molecule has 46 heavy (non-hydrogen) atoms. The lowest BCUT2D eigenvalue weighted by Crippen LogP contribution is -2.45. The topological polar surface area (TPSA) is 161 Å². The van der Waals surface area contributed by atoms with Gasteiger partial charge in [0.05, 0.1) is 28.7 Å². The average Bonchev–Trinajstić information content (AvgIpc) is 3.46. The molecule has 2 aromatic carbocycles. The van der Waals surface area contributed by atoms with Gasteiger partial charge in [0.1, 0.15) is 12.1 Å². The molecule has 0 spiro atoms. The molecule has 2 unspecified atom stereocenters. The van der Waals surface area contributed by atoms with E-state index in [2.05, 4.69) is 20.9 Å². The van der Waals surface area contributed by atoms with Gasteiger partial charge in [-0.15, -0.1) is 0 Å². The zero-order valence-corrected chi connectivity index (χ0v) is 25.4. The van der Waals surface area contributed by atoms with E-state index in [9.17, 15) is 28.8 Å². The minimum Gasteiger partial charge on any atom is -0.312 e. The first-order valence-corrected chi connectivity index (χ1v) is 15.8. The Bertz CT molecular complexity index is 2130. The summed E-state index contributed by atoms with van der Waals surface area (Å²) in [5.74, 6) is -1.63. The second kappa shape index (κ2) is 10.6. The number of hydrogen-bond acceptors (Lipinski definition) is 8. The lowest BCUT2D eigenvalue weighted by molar-refractivity contribution is -0.137. The lowest BCUT2D eigenvalue weighted by atomic mass is 9.97. The number of amides is 4. The molecular formula is C32H34N8O6. The first kappa shape index (κ1) is 28.6. The van der Waals surface area contributed by atoms with Crippen LogP contribution in [-0.4, -0.2) is 59.9 Å². The minimum atomic E-state index is -0.800. The predicted octanol–water partition coefficient (Wildman–Crippen LogP) is 0.0733. The Balaban J connectivity index is 1.22. The number of piperidine rings is 2. The van der Waals surface area contributed by atoms with Crippen molar-refractivity contribution in [3.05, 3.63) is 67.5 Å². The van der Waals surface area contributed by atoms with Crippen LogP contribution in [0.4, 0.5) is 0 Å². The van der Waals surface area contributed by atoms with Crippen molar-refractivity contribution >= 4 is 45.7 Å². The number of imide groups is 2. The second-order valence-electron chi connectivity index (χ2n) is 12.7. The molecule has 0 aliphatic carbocycles. The fourth-order valence-electron chi connectivity index (χ4n) is 7.81. The monoisotopic (exact) mass is 626 g/mol. The van der Waals surface area contributed by atoms with Crippen molar-refractivity contribution in [3.63, 3.8) is 0 Å². The molecule has 4 aliphatic rings. The van der Waals surface area contributed by atoms with Crippen molar-refractivity contribution in [2.24, 2.45) is 7.05 Å². The summed E-state index contributed by atoms with van der Waals surface area (Å²) in [5.41, 5.74) is 6.32. The fraction of sp³-hybridized carbons (Fsp3) is 0.438.